The molecule has 5 aromatic rings. The van der Waals surface area contributed by atoms with Gasteiger partial charge >= 0.3 is 0 Å². The lowest BCUT2D eigenvalue weighted by atomic mass is 10.0. The highest BCUT2D eigenvalue weighted by molar-refractivity contribution is 5.79. The SMILES string of the molecule is CCCCCc1nc(CCc2ccccc2)nn1Cc1ccc(-c2ccccc2-c2nnn[nH]2)cn1. The molecule has 0 fully saturated rings. The van der Waals surface area contributed by atoms with E-state index in [0.717, 1.165) is 59.7 Å². The van der Waals surface area contributed by atoms with Crippen molar-refractivity contribution in [1.29, 1.82) is 0 Å². The highest BCUT2D eigenvalue weighted by Gasteiger charge is 2.13. The minimum atomic E-state index is 0.605. The number of nitrogens with zero attached hydrogens (tertiary/aromatic N) is 7. The Balaban J connectivity index is 1.33. The van der Waals surface area contributed by atoms with Crippen LogP contribution < -0.4 is 0 Å². The van der Waals surface area contributed by atoms with Gasteiger partial charge in [0.2, 0.25) is 0 Å². The predicted octanol–water partition coefficient (Wildman–Crippen LogP) is 5.09. The van der Waals surface area contributed by atoms with Crippen molar-refractivity contribution in [1.82, 2.24) is 40.4 Å². The van der Waals surface area contributed by atoms with Crippen LogP contribution in [-0.4, -0.2) is 40.4 Å². The first-order valence-corrected chi connectivity index (χ1v) is 12.5. The van der Waals surface area contributed by atoms with Crippen molar-refractivity contribution in [2.24, 2.45) is 0 Å². The van der Waals surface area contributed by atoms with Crippen LogP contribution in [0.1, 0.15) is 49.1 Å². The van der Waals surface area contributed by atoms with Crippen LogP contribution in [0, 0.1) is 0 Å². The zero-order chi connectivity index (χ0) is 24.6. The van der Waals surface area contributed by atoms with Crippen molar-refractivity contribution in [2.75, 3.05) is 0 Å². The van der Waals surface area contributed by atoms with E-state index >= 15 is 0 Å². The van der Waals surface area contributed by atoms with Crippen LogP contribution in [0.5, 0.6) is 0 Å². The molecule has 8 heteroatoms. The molecule has 0 aliphatic rings. The second kappa shape index (κ2) is 11.5. The van der Waals surface area contributed by atoms with E-state index in [1.807, 2.05) is 35.1 Å². The lowest BCUT2D eigenvalue weighted by molar-refractivity contribution is 0.597. The Morgan fingerprint density at radius 2 is 1.67 bits per heavy atom. The van der Waals surface area contributed by atoms with E-state index in [-0.39, 0.29) is 0 Å². The number of tetrazole rings is 1. The van der Waals surface area contributed by atoms with Crippen LogP contribution in [0.4, 0.5) is 0 Å². The van der Waals surface area contributed by atoms with Crippen LogP contribution in [0.2, 0.25) is 0 Å². The third kappa shape index (κ3) is 5.71. The van der Waals surface area contributed by atoms with Crippen molar-refractivity contribution >= 4 is 0 Å². The van der Waals surface area contributed by atoms with Crippen LogP contribution in [0.15, 0.2) is 72.9 Å². The molecule has 0 aliphatic heterocycles. The van der Waals surface area contributed by atoms with Gasteiger partial charge in [0.25, 0.3) is 0 Å². The molecular formula is C28H30N8. The summed E-state index contributed by atoms with van der Waals surface area (Å²) in [6, 6.07) is 22.7. The Labute approximate surface area is 210 Å². The number of aryl methyl sites for hydroxylation is 3. The largest absolute Gasteiger partial charge is 0.259 e. The van der Waals surface area contributed by atoms with Crippen molar-refractivity contribution in [3.05, 3.63) is 95.8 Å². The van der Waals surface area contributed by atoms with Gasteiger partial charge in [-0.05, 0) is 40.5 Å². The lowest BCUT2D eigenvalue weighted by Gasteiger charge is -2.09. The average Bonchev–Trinajstić information content (AvgIpc) is 3.59. The molecule has 1 N–H and O–H groups in total. The molecule has 0 saturated carbocycles. The molecule has 36 heavy (non-hydrogen) atoms. The minimum Gasteiger partial charge on any atom is -0.259 e. The van der Waals surface area contributed by atoms with E-state index in [2.05, 4.69) is 70.0 Å². The van der Waals surface area contributed by atoms with Crippen LogP contribution >= 0.6 is 0 Å². The monoisotopic (exact) mass is 478 g/mol. The summed E-state index contributed by atoms with van der Waals surface area (Å²) < 4.78 is 2.03. The molecule has 3 heterocycles. The van der Waals surface area contributed by atoms with Gasteiger partial charge in [-0.15, -0.1) is 5.10 Å². The Morgan fingerprint density at radius 1 is 0.833 bits per heavy atom. The van der Waals surface area contributed by atoms with Crippen LogP contribution in [0.3, 0.4) is 0 Å². The fourth-order valence-electron chi connectivity index (χ4n) is 4.32. The van der Waals surface area contributed by atoms with E-state index in [0.29, 0.717) is 12.4 Å². The molecule has 0 atom stereocenters. The molecule has 5 rings (SSSR count). The van der Waals surface area contributed by atoms with Gasteiger partial charge in [-0.1, -0.05) is 80.4 Å². The van der Waals surface area contributed by atoms with Crippen LogP contribution in [-0.2, 0) is 25.8 Å². The average molecular weight is 479 g/mol. The number of rotatable bonds is 11. The third-order valence-electron chi connectivity index (χ3n) is 6.25. The first-order chi connectivity index (χ1) is 17.8. The first-order valence-electron chi connectivity index (χ1n) is 12.5. The van der Waals surface area contributed by atoms with E-state index in [1.165, 1.54) is 18.4 Å². The summed E-state index contributed by atoms with van der Waals surface area (Å²) in [5, 5.41) is 19.2. The summed E-state index contributed by atoms with van der Waals surface area (Å²) in [7, 11) is 0. The number of unbranched alkanes of at least 4 members (excludes halogenated alkanes) is 2. The molecule has 0 bridgehead atoms. The number of H-pyrrole nitrogens is 1. The topological polar surface area (TPSA) is 98.1 Å². The molecule has 182 valence electrons. The lowest BCUT2D eigenvalue weighted by Crippen LogP contribution is -2.08. The van der Waals surface area contributed by atoms with E-state index in [1.54, 1.807) is 0 Å². The minimum absolute atomic E-state index is 0.605. The third-order valence-corrected chi connectivity index (χ3v) is 6.25. The Hall–Kier alpha value is -4.20. The molecular weight excluding hydrogens is 448 g/mol. The van der Waals surface area contributed by atoms with Crippen LogP contribution in [0.25, 0.3) is 22.5 Å². The number of benzene rings is 2. The summed E-state index contributed by atoms with van der Waals surface area (Å²) >= 11 is 0. The molecule has 2 aromatic carbocycles. The zero-order valence-corrected chi connectivity index (χ0v) is 20.5. The molecule has 0 unspecified atom stereocenters. The number of hydrogen-bond donors (Lipinski definition) is 1. The van der Waals surface area contributed by atoms with Crippen molar-refractivity contribution in [3.63, 3.8) is 0 Å². The smallest absolute Gasteiger partial charge is 0.180 e. The quantitative estimate of drug-likeness (QED) is 0.266. The van der Waals surface area contributed by atoms with Crippen molar-refractivity contribution < 1.29 is 0 Å². The number of hydrogen-bond acceptors (Lipinski definition) is 6. The highest BCUT2D eigenvalue weighted by atomic mass is 15.5. The maximum atomic E-state index is 4.90. The van der Waals surface area contributed by atoms with Gasteiger partial charge in [0, 0.05) is 30.2 Å². The normalized spacial score (nSPS) is 11.1. The number of nitrogens with one attached hydrogen (secondary N) is 1. The van der Waals surface area contributed by atoms with Gasteiger partial charge in [-0.2, -0.15) is 5.10 Å². The summed E-state index contributed by atoms with van der Waals surface area (Å²) in [5.74, 6) is 2.58. The fraction of sp³-hybridized carbons (Fsp3) is 0.286. The van der Waals surface area contributed by atoms with Crippen molar-refractivity contribution in [3.8, 4) is 22.5 Å². The summed E-state index contributed by atoms with van der Waals surface area (Å²) in [5.41, 5.74) is 5.24. The predicted molar refractivity (Wildman–Crippen MR) is 139 cm³/mol. The molecule has 0 amide bonds. The Kier molecular flexibility index (Phi) is 7.51. The van der Waals surface area contributed by atoms with Gasteiger partial charge in [0.1, 0.15) is 5.82 Å². The maximum Gasteiger partial charge on any atom is 0.180 e. The molecule has 3 aromatic heterocycles. The Morgan fingerprint density at radius 3 is 2.42 bits per heavy atom. The summed E-state index contributed by atoms with van der Waals surface area (Å²) in [6.45, 7) is 2.83. The fourth-order valence-corrected chi connectivity index (χ4v) is 4.32. The molecule has 8 nitrogen and oxygen atoms in total. The number of aromatic amines is 1. The molecule has 0 radical (unpaired) electrons. The zero-order valence-electron chi connectivity index (χ0n) is 20.5. The van der Waals surface area contributed by atoms with E-state index in [4.69, 9.17) is 15.1 Å². The van der Waals surface area contributed by atoms with Gasteiger partial charge < -0.3 is 0 Å². The first kappa shape index (κ1) is 23.5. The second-order valence-electron chi connectivity index (χ2n) is 8.88. The standard InChI is InChI=1S/C28H30N8/c1-2-3-5-14-27-30-26(18-15-21-10-6-4-7-11-21)33-36(27)20-23-17-16-22(19-29-23)24-12-8-9-13-25(24)28-31-34-35-32-28/h4,6-13,16-17,19H,2-3,5,14-15,18,20H2,1H3,(H,31,32,34,35). The maximum absolute atomic E-state index is 4.90. The highest BCUT2D eigenvalue weighted by Crippen LogP contribution is 2.29. The van der Waals surface area contributed by atoms with Gasteiger partial charge in [-0.3, -0.25) is 4.98 Å². The number of pyridine rings is 1. The van der Waals surface area contributed by atoms with Gasteiger partial charge in [0.05, 0.1) is 12.2 Å². The molecule has 0 saturated heterocycles. The van der Waals surface area contributed by atoms with Gasteiger partial charge in [0.15, 0.2) is 11.6 Å². The van der Waals surface area contributed by atoms with Gasteiger partial charge in [-0.25, -0.2) is 14.8 Å². The second-order valence-corrected chi connectivity index (χ2v) is 8.88. The van der Waals surface area contributed by atoms with Crippen molar-refractivity contribution in [2.45, 2.75) is 52.0 Å². The summed E-state index contributed by atoms with van der Waals surface area (Å²) in [6.07, 6.45) is 8.10. The summed E-state index contributed by atoms with van der Waals surface area (Å²) in [4.78, 5) is 9.66. The Bertz CT molecular complexity index is 1360. The number of aromatic nitrogens is 8. The van der Waals surface area contributed by atoms with E-state index in [9.17, 15) is 0 Å². The molecule has 0 spiro atoms. The molecule has 0 aliphatic carbocycles. The van der Waals surface area contributed by atoms with E-state index < -0.39 is 0 Å².